The average Bonchev–Trinajstić information content (AvgIpc) is 3.23. The zero-order chi connectivity index (χ0) is 43.4. The van der Waals surface area contributed by atoms with E-state index in [1.54, 1.807) is 24.3 Å². The lowest BCUT2D eigenvalue weighted by Gasteiger charge is -2.47. The van der Waals surface area contributed by atoms with Crippen molar-refractivity contribution in [3.8, 4) is 5.75 Å². The predicted molar refractivity (Wildman–Crippen MR) is 215 cm³/mol. The number of hydrogen-bond acceptors (Lipinski definition) is 9. The Balaban J connectivity index is 1.18. The van der Waals surface area contributed by atoms with Gasteiger partial charge >= 0.3 is 5.97 Å². The highest BCUT2D eigenvalue weighted by molar-refractivity contribution is 8.00. The first-order valence-electron chi connectivity index (χ1n) is 20.3. The topological polar surface area (TPSA) is 200 Å². The number of carbonyl (C=O) groups is 5. The molecule has 0 spiro atoms. The molecular formula is C42H51F2N5O8S. The molecule has 0 unspecified atom stereocenters. The monoisotopic (exact) mass is 825 g/mol. The molecule has 2 aliphatic rings. The van der Waals surface area contributed by atoms with E-state index in [1.165, 1.54) is 65.2 Å². The van der Waals surface area contributed by atoms with Gasteiger partial charge in [-0.2, -0.15) is 0 Å². The molecule has 4 amide bonds. The highest BCUT2D eigenvalue weighted by atomic mass is 32.2. The Kier molecular flexibility index (Phi) is 15.3. The van der Waals surface area contributed by atoms with Crippen molar-refractivity contribution in [2.75, 3.05) is 30.3 Å². The Morgan fingerprint density at radius 2 is 1.59 bits per heavy atom. The number of carboxylic acids is 1. The summed E-state index contributed by atoms with van der Waals surface area (Å²) in [4.78, 5) is 66.2. The fraction of sp³-hybridized carbons (Fsp3) is 0.452. The van der Waals surface area contributed by atoms with E-state index in [2.05, 4.69) is 10.6 Å². The van der Waals surface area contributed by atoms with Gasteiger partial charge in [0, 0.05) is 12.8 Å². The molecule has 1 saturated carbocycles. The number of β-lactam (4-membered cyclic amide) rings is 1. The number of hydrogen-bond donors (Lipinski definition) is 6. The van der Waals surface area contributed by atoms with E-state index in [-0.39, 0.29) is 30.3 Å². The van der Waals surface area contributed by atoms with Gasteiger partial charge in [0.25, 0.3) is 5.91 Å². The molecular weight excluding hydrogens is 773 g/mol. The summed E-state index contributed by atoms with van der Waals surface area (Å²) in [5.74, 6) is -5.61. The minimum atomic E-state index is -1.47. The van der Waals surface area contributed by atoms with Crippen LogP contribution >= 0.6 is 11.8 Å². The minimum absolute atomic E-state index is 0.0983. The first-order valence-corrected chi connectivity index (χ1v) is 20.4. The van der Waals surface area contributed by atoms with Crippen LogP contribution in [0.25, 0.3) is 0 Å². The lowest BCUT2D eigenvalue weighted by atomic mass is 9.84. The molecule has 1 aliphatic carbocycles. The molecule has 312 valence electrons. The van der Waals surface area contributed by atoms with Crippen LogP contribution in [0, 0.1) is 17.5 Å². The molecule has 58 heavy (non-hydrogen) atoms. The van der Waals surface area contributed by atoms with Gasteiger partial charge in [-0.1, -0.05) is 56.4 Å². The lowest BCUT2D eigenvalue weighted by Crippen LogP contribution is -2.57. The van der Waals surface area contributed by atoms with Gasteiger partial charge in [-0.05, 0) is 97.8 Å². The van der Waals surface area contributed by atoms with E-state index in [4.69, 9.17) is 13.3 Å². The largest absolute Gasteiger partial charge is 0.484 e. The van der Waals surface area contributed by atoms with Gasteiger partial charge in [0.2, 0.25) is 17.7 Å². The van der Waals surface area contributed by atoms with E-state index >= 15 is 0 Å². The van der Waals surface area contributed by atoms with E-state index in [9.17, 15) is 43.0 Å². The zero-order valence-electron chi connectivity index (χ0n) is 34.0. The van der Waals surface area contributed by atoms with Crippen LogP contribution < -0.4 is 31.3 Å². The highest BCUT2D eigenvalue weighted by Gasteiger charge is 2.49. The second-order valence-electron chi connectivity index (χ2n) is 14.3. The summed E-state index contributed by atoms with van der Waals surface area (Å²) in [7, 11) is 0. The third-order valence-electron chi connectivity index (χ3n) is 10.1. The van der Waals surface area contributed by atoms with E-state index in [0.29, 0.717) is 54.4 Å². The second-order valence-corrected chi connectivity index (χ2v) is 15.5. The van der Waals surface area contributed by atoms with Crippen molar-refractivity contribution >= 4 is 47.0 Å². The number of aliphatic carboxylic acids is 1. The molecule has 1 saturated heterocycles. The third-order valence-corrected chi connectivity index (χ3v) is 11.4. The van der Waals surface area contributed by atoms with Crippen LogP contribution in [0.2, 0.25) is 1.41 Å². The number of ether oxygens (including phenoxy) is 1. The summed E-state index contributed by atoms with van der Waals surface area (Å²) < 4.78 is 50.3. The lowest BCUT2D eigenvalue weighted by molar-refractivity contribution is -0.142. The van der Waals surface area contributed by atoms with Gasteiger partial charge in [-0.15, -0.1) is 11.8 Å². The van der Waals surface area contributed by atoms with Crippen LogP contribution in [0.3, 0.4) is 0 Å². The molecule has 13 nitrogen and oxygen atoms in total. The summed E-state index contributed by atoms with van der Waals surface area (Å²) in [6.45, 7) is -0.834. The Labute approximate surface area is 343 Å². The number of halogens is 2. The molecule has 1 heterocycles. The van der Waals surface area contributed by atoms with Crippen LogP contribution in [0.1, 0.15) is 82.4 Å². The molecule has 16 heteroatoms. The van der Waals surface area contributed by atoms with Crippen molar-refractivity contribution in [1.82, 2.24) is 15.9 Å². The molecule has 3 aromatic rings. The van der Waals surface area contributed by atoms with Crippen molar-refractivity contribution in [3.05, 3.63) is 95.6 Å². The maximum Gasteiger partial charge on any atom is 0.326 e. The number of anilines is 1. The molecule has 0 bridgehead atoms. The molecule has 3 aromatic carbocycles. The Bertz CT molecular complexity index is 1940. The van der Waals surface area contributed by atoms with Crippen LogP contribution in [0.4, 0.5) is 14.5 Å². The normalized spacial score (nSPS) is 19.4. The number of carboxylic acid groups (broad SMARTS) is 1. The number of nitrogens with one attached hydrogen (secondary N) is 3. The summed E-state index contributed by atoms with van der Waals surface area (Å²) in [5.41, 5.74) is 7.19. The molecule has 1 aliphatic heterocycles. The molecule has 5 rings (SSSR count). The number of amides is 4. The summed E-state index contributed by atoms with van der Waals surface area (Å²) in [6, 6.07) is 14.3. The Morgan fingerprint density at radius 1 is 0.931 bits per heavy atom. The molecule has 2 fully saturated rings. The third kappa shape index (κ3) is 12.5. The molecule has 0 radical (unpaired) electrons. The standard InChI is InChI=1S/C42H51F2N5O8S/c43-29-13-9-27(10-14-29)35(50)25-58-39-38(49(41(39)54)31-17-15-30(44)16-18-31)28-11-19-32(20-12-28)57-24-37(52)46-23-36(51)47-34(22-26-6-2-1-3-7-26)40(53)48-33(42(55)56)8-4-5-21-45/h9-20,26,33-35,38-39,50H,1-8,21-25,45H2,(H,46,52)(H,47,51)(H,48,53)(H,55,56)/t33-,34-,35-,38+,39+/m0/s1/i26D/hD. The van der Waals surface area contributed by atoms with Gasteiger partial charge in [0.15, 0.2) is 8.02 Å². The highest BCUT2D eigenvalue weighted by Crippen LogP contribution is 2.46. The van der Waals surface area contributed by atoms with Crippen LogP contribution in [0.15, 0.2) is 72.8 Å². The zero-order valence-corrected chi connectivity index (χ0v) is 32.8. The predicted octanol–water partition coefficient (Wildman–Crippen LogP) is 4.54. The number of unbranched alkanes of at least 4 members (excludes halogenated alkanes) is 1. The number of carbonyl (C=O) groups excluding carboxylic acids is 4. The number of rotatable bonds is 21. The maximum atomic E-state index is 13.7. The Hall–Kier alpha value is -5.06. The van der Waals surface area contributed by atoms with Crippen molar-refractivity contribution in [3.63, 3.8) is 0 Å². The van der Waals surface area contributed by atoms with Gasteiger partial charge in [-0.25, -0.2) is 13.6 Å². The maximum absolute atomic E-state index is 13.7. The second kappa shape index (κ2) is 21.6. The SMILES string of the molecule is [2H]N(C(=O)CNC(=O)COc1ccc([C@@H]2[C@@H](SC[C@H](O)c3ccc(F)cc3)C(=O)N2c2ccc(F)cc2)cc1)[C@@H](CC1([2H])CCCCC1)C(=O)N[C@@H](CCCCN)C(=O)O. The van der Waals surface area contributed by atoms with E-state index < -0.39 is 83.9 Å². The fourth-order valence-electron chi connectivity index (χ4n) is 6.91. The smallest absolute Gasteiger partial charge is 0.326 e. The van der Waals surface area contributed by atoms with E-state index in [1.807, 2.05) is 0 Å². The first kappa shape index (κ1) is 41.1. The number of aliphatic hydroxyl groups excluding tert-OH is 1. The van der Waals surface area contributed by atoms with Crippen LogP contribution in [0.5, 0.6) is 5.75 Å². The minimum Gasteiger partial charge on any atom is -0.484 e. The van der Waals surface area contributed by atoms with Crippen molar-refractivity contribution < 1.29 is 50.5 Å². The summed E-state index contributed by atoms with van der Waals surface area (Å²) in [5, 5.41) is 25.0. The van der Waals surface area contributed by atoms with Crippen molar-refractivity contribution in [1.29, 1.82) is 0 Å². The van der Waals surface area contributed by atoms with Gasteiger partial charge in [0.05, 0.1) is 18.7 Å². The first-order chi connectivity index (χ1) is 28.7. The number of aliphatic hydroxyl groups is 1. The molecule has 5 atom stereocenters. The summed E-state index contributed by atoms with van der Waals surface area (Å²) in [6.07, 6.45) is 3.28. The Morgan fingerprint density at radius 3 is 2.22 bits per heavy atom. The number of thioether (sulfide) groups is 1. The number of nitrogens with zero attached hydrogens (tertiary/aromatic N) is 1. The van der Waals surface area contributed by atoms with E-state index in [0.717, 1.165) is 19.3 Å². The quantitative estimate of drug-likeness (QED) is 0.0655. The van der Waals surface area contributed by atoms with Crippen LogP contribution in [-0.2, 0) is 24.0 Å². The average molecular weight is 826 g/mol. The van der Waals surface area contributed by atoms with Gasteiger partial charge < -0.3 is 41.5 Å². The molecule has 7 N–H and O–H groups in total. The number of nitrogens with two attached hydrogens (primary N) is 1. The van der Waals surface area contributed by atoms with Gasteiger partial charge in [0.1, 0.15) is 34.7 Å². The van der Waals surface area contributed by atoms with Crippen molar-refractivity contribution in [2.24, 2.45) is 11.6 Å². The van der Waals surface area contributed by atoms with Gasteiger partial charge in [-0.3, -0.25) is 19.2 Å². The fourth-order valence-corrected chi connectivity index (χ4v) is 8.21. The number of benzene rings is 3. The van der Waals surface area contributed by atoms with Crippen LogP contribution in [-0.4, -0.2) is 82.6 Å². The summed E-state index contributed by atoms with van der Waals surface area (Å²) >= 11 is 1.23. The van der Waals surface area contributed by atoms with Crippen molar-refractivity contribution in [2.45, 2.75) is 87.3 Å². The molecule has 0 aromatic heterocycles.